The van der Waals surface area contributed by atoms with Gasteiger partial charge in [-0.2, -0.15) is 0 Å². The first kappa shape index (κ1) is 22.2. The van der Waals surface area contributed by atoms with Gasteiger partial charge in [0.25, 0.3) is 0 Å². The van der Waals surface area contributed by atoms with Crippen LogP contribution in [0.3, 0.4) is 0 Å². The van der Waals surface area contributed by atoms with Crippen LogP contribution in [0.1, 0.15) is 112 Å². The molecule has 0 aromatic rings. The molecule has 1 N–H and O–H groups in total. The molecule has 0 radical (unpaired) electrons. The summed E-state index contributed by atoms with van der Waals surface area (Å²) in [5.74, 6) is 6.33. The van der Waals surface area contributed by atoms with Gasteiger partial charge in [-0.15, -0.1) is 0 Å². The zero-order chi connectivity index (χ0) is 21.0. The van der Waals surface area contributed by atoms with Crippen LogP contribution >= 0.6 is 0 Å². The summed E-state index contributed by atoms with van der Waals surface area (Å²) < 4.78 is 0. The Bertz CT molecular complexity index is 569. The van der Waals surface area contributed by atoms with Gasteiger partial charge in [0.1, 0.15) is 0 Å². The molecule has 0 aromatic carbocycles. The van der Waals surface area contributed by atoms with Gasteiger partial charge in [0.2, 0.25) is 0 Å². The Morgan fingerprint density at radius 2 is 1.59 bits per heavy atom. The Balaban J connectivity index is 1.52. The van der Waals surface area contributed by atoms with Crippen LogP contribution in [0.4, 0.5) is 0 Å². The lowest BCUT2D eigenvalue weighted by Crippen LogP contribution is -2.59. The Hall–Kier alpha value is -0.0400. The third-order valence-electron chi connectivity index (χ3n) is 11.2. The molecule has 0 spiro atoms. The van der Waals surface area contributed by atoms with Gasteiger partial charge in [0, 0.05) is 0 Å². The molecule has 0 aliphatic heterocycles. The van der Waals surface area contributed by atoms with E-state index >= 15 is 0 Å². The summed E-state index contributed by atoms with van der Waals surface area (Å²) in [6, 6.07) is 0. The van der Waals surface area contributed by atoms with Gasteiger partial charge >= 0.3 is 0 Å². The molecule has 10 atom stereocenters. The summed E-state index contributed by atoms with van der Waals surface area (Å²) in [6.07, 6.45) is 15.2. The van der Waals surface area contributed by atoms with Crippen molar-refractivity contribution in [2.24, 2.45) is 58.2 Å². The third-order valence-corrected chi connectivity index (χ3v) is 11.2. The van der Waals surface area contributed by atoms with E-state index in [-0.39, 0.29) is 6.10 Å². The maximum absolute atomic E-state index is 11.5. The molecule has 0 saturated heterocycles. The molecule has 0 heterocycles. The van der Waals surface area contributed by atoms with E-state index < -0.39 is 0 Å². The lowest BCUT2D eigenvalue weighted by molar-refractivity contribution is -0.174. The number of aliphatic hydroxyl groups is 1. The number of hydrogen-bond donors (Lipinski definition) is 1. The summed E-state index contributed by atoms with van der Waals surface area (Å²) in [5.41, 5.74) is 0.993. The van der Waals surface area contributed by atoms with E-state index in [1.54, 1.807) is 0 Å². The molecule has 4 aliphatic carbocycles. The second-order valence-corrected chi connectivity index (χ2v) is 13.1. The predicted molar refractivity (Wildman–Crippen MR) is 124 cm³/mol. The number of rotatable bonds is 5. The van der Waals surface area contributed by atoms with E-state index in [1.807, 2.05) is 0 Å². The monoisotopic (exact) mass is 402 g/mol. The molecule has 4 aliphatic rings. The molecule has 168 valence electrons. The standard InChI is InChI=1S/C28H50O/c1-18(2)9-7-10-19(3)21-12-13-22-26-23(14-16-28(21,22)6)27(5)15-8-11-20(4)24(27)17-25(26)29/h18-26,29H,7-17H2,1-6H3/t19?,20?,21-,22+,23+,24?,25?,26+,27-,28-/m1/s1. The molecule has 4 rings (SSSR count). The van der Waals surface area contributed by atoms with E-state index in [1.165, 1.54) is 64.2 Å². The van der Waals surface area contributed by atoms with Crippen LogP contribution in [0.15, 0.2) is 0 Å². The van der Waals surface area contributed by atoms with Crippen molar-refractivity contribution in [2.45, 2.75) is 118 Å². The largest absolute Gasteiger partial charge is 0.393 e. The molecule has 1 nitrogen and oxygen atoms in total. The van der Waals surface area contributed by atoms with E-state index in [0.717, 1.165) is 47.8 Å². The van der Waals surface area contributed by atoms with Crippen molar-refractivity contribution >= 4 is 0 Å². The molecule has 1 heteroatoms. The lowest BCUT2D eigenvalue weighted by Gasteiger charge is -2.63. The van der Waals surface area contributed by atoms with Crippen molar-refractivity contribution in [3.05, 3.63) is 0 Å². The lowest BCUT2D eigenvalue weighted by atomic mass is 9.42. The summed E-state index contributed by atoms with van der Waals surface area (Å²) >= 11 is 0. The first-order valence-corrected chi connectivity index (χ1v) is 13.4. The second kappa shape index (κ2) is 8.14. The zero-order valence-electron chi connectivity index (χ0n) is 20.4. The van der Waals surface area contributed by atoms with Crippen LogP contribution in [-0.2, 0) is 0 Å². The number of hydrogen-bond acceptors (Lipinski definition) is 1. The van der Waals surface area contributed by atoms with E-state index in [0.29, 0.717) is 16.7 Å². The SMILES string of the molecule is CC(C)CCCC(C)[C@H]1CC[C@H]2[C@@H]3C(O)CC4C(C)CCC[C@]4(C)[C@H]3CC[C@]12C. The highest BCUT2D eigenvalue weighted by atomic mass is 16.3. The Kier molecular flexibility index (Phi) is 6.22. The summed E-state index contributed by atoms with van der Waals surface area (Å²) in [6.45, 7) is 15.1. The zero-order valence-corrected chi connectivity index (χ0v) is 20.4. The molecule has 4 unspecified atom stereocenters. The highest BCUT2D eigenvalue weighted by Crippen LogP contribution is 2.68. The molecule has 0 bridgehead atoms. The maximum Gasteiger partial charge on any atom is 0.0577 e. The van der Waals surface area contributed by atoms with Gasteiger partial charge < -0.3 is 5.11 Å². The van der Waals surface area contributed by atoms with Gasteiger partial charge in [0.05, 0.1) is 6.10 Å². The molecular weight excluding hydrogens is 352 g/mol. The van der Waals surface area contributed by atoms with Gasteiger partial charge in [-0.3, -0.25) is 0 Å². The average Bonchev–Trinajstić information content (AvgIpc) is 3.00. The van der Waals surface area contributed by atoms with Crippen LogP contribution in [-0.4, -0.2) is 11.2 Å². The van der Waals surface area contributed by atoms with E-state index in [9.17, 15) is 5.11 Å². The van der Waals surface area contributed by atoms with Crippen LogP contribution in [0.25, 0.3) is 0 Å². The first-order chi connectivity index (χ1) is 13.7. The first-order valence-electron chi connectivity index (χ1n) is 13.4. The molecular formula is C28H50O. The van der Waals surface area contributed by atoms with Crippen LogP contribution < -0.4 is 0 Å². The minimum atomic E-state index is -0.0294. The van der Waals surface area contributed by atoms with Crippen molar-refractivity contribution in [2.75, 3.05) is 0 Å². The number of aliphatic hydroxyl groups excluding tert-OH is 1. The third kappa shape index (κ3) is 3.64. The summed E-state index contributed by atoms with van der Waals surface area (Å²) in [4.78, 5) is 0. The molecule has 0 amide bonds. The highest BCUT2D eigenvalue weighted by molar-refractivity contribution is 5.11. The minimum Gasteiger partial charge on any atom is -0.393 e. The van der Waals surface area contributed by atoms with E-state index in [2.05, 4.69) is 41.5 Å². The molecule has 29 heavy (non-hydrogen) atoms. The van der Waals surface area contributed by atoms with E-state index in [4.69, 9.17) is 0 Å². The second-order valence-electron chi connectivity index (χ2n) is 13.1. The fraction of sp³-hybridized carbons (Fsp3) is 1.00. The quantitative estimate of drug-likeness (QED) is 0.499. The van der Waals surface area contributed by atoms with Crippen LogP contribution in [0.5, 0.6) is 0 Å². The average molecular weight is 403 g/mol. The molecule has 4 saturated carbocycles. The van der Waals surface area contributed by atoms with Crippen molar-refractivity contribution in [1.29, 1.82) is 0 Å². The van der Waals surface area contributed by atoms with Crippen molar-refractivity contribution in [1.82, 2.24) is 0 Å². The maximum atomic E-state index is 11.5. The summed E-state index contributed by atoms with van der Waals surface area (Å²) in [5, 5.41) is 11.5. The fourth-order valence-electron chi connectivity index (χ4n) is 9.75. The minimum absolute atomic E-state index is 0.0294. The topological polar surface area (TPSA) is 20.2 Å². The summed E-state index contributed by atoms with van der Waals surface area (Å²) in [7, 11) is 0. The normalized spacial score (nSPS) is 50.7. The Labute approximate surface area is 181 Å². The van der Waals surface area contributed by atoms with Gasteiger partial charge in [-0.1, -0.05) is 73.6 Å². The number of fused-ring (bicyclic) bond motifs is 5. The van der Waals surface area contributed by atoms with Crippen molar-refractivity contribution in [3.8, 4) is 0 Å². The van der Waals surface area contributed by atoms with Crippen molar-refractivity contribution in [3.63, 3.8) is 0 Å². The molecule has 4 fully saturated rings. The van der Waals surface area contributed by atoms with Gasteiger partial charge in [-0.05, 0) is 96.7 Å². The van der Waals surface area contributed by atoms with Gasteiger partial charge in [0.15, 0.2) is 0 Å². The predicted octanol–water partition coefficient (Wildman–Crippen LogP) is 7.71. The van der Waals surface area contributed by atoms with Crippen LogP contribution in [0.2, 0.25) is 0 Å². The smallest absolute Gasteiger partial charge is 0.0577 e. The van der Waals surface area contributed by atoms with Crippen LogP contribution in [0, 0.1) is 58.2 Å². The van der Waals surface area contributed by atoms with Gasteiger partial charge in [-0.25, -0.2) is 0 Å². The van der Waals surface area contributed by atoms with Crippen molar-refractivity contribution < 1.29 is 5.11 Å². The Morgan fingerprint density at radius 3 is 2.31 bits per heavy atom. The highest BCUT2D eigenvalue weighted by Gasteiger charge is 2.63. The Morgan fingerprint density at radius 1 is 0.862 bits per heavy atom. The fourth-order valence-corrected chi connectivity index (χ4v) is 9.75. The molecule has 0 aromatic heterocycles.